The minimum absolute atomic E-state index is 0.0848. The van der Waals surface area contributed by atoms with Crippen LogP contribution in [0.1, 0.15) is 24.0 Å². The van der Waals surface area contributed by atoms with Gasteiger partial charge in [-0.25, -0.2) is 0 Å². The Morgan fingerprint density at radius 2 is 1.81 bits per heavy atom. The van der Waals surface area contributed by atoms with E-state index < -0.39 is 18.4 Å². The molecule has 0 saturated heterocycles. The van der Waals surface area contributed by atoms with Crippen molar-refractivity contribution in [1.82, 2.24) is 0 Å². The van der Waals surface area contributed by atoms with E-state index >= 15 is 0 Å². The van der Waals surface area contributed by atoms with Crippen molar-refractivity contribution >= 4 is 5.69 Å². The third-order valence-electron chi connectivity index (χ3n) is 2.27. The maximum Gasteiger partial charge on any atom is 0.416 e. The predicted octanol–water partition coefficient (Wildman–Crippen LogP) is 3.58. The normalized spacial score (nSPS) is 11.8. The van der Waals surface area contributed by atoms with Crippen LogP contribution in [0.3, 0.4) is 0 Å². The monoisotopic (exact) mass is 235 g/mol. The van der Waals surface area contributed by atoms with Crippen LogP contribution >= 0.6 is 0 Å². The first-order valence-corrected chi connectivity index (χ1v) is 4.96. The van der Waals surface area contributed by atoms with Crippen LogP contribution < -0.4 is 5.73 Å². The van der Waals surface area contributed by atoms with E-state index in [9.17, 15) is 17.6 Å². The molecule has 0 fully saturated rings. The second-order valence-corrected chi connectivity index (χ2v) is 3.56. The van der Waals surface area contributed by atoms with Crippen LogP contribution in [0.5, 0.6) is 0 Å². The number of halogens is 4. The molecule has 0 unspecified atom stereocenters. The molecule has 1 aromatic rings. The van der Waals surface area contributed by atoms with Crippen molar-refractivity contribution < 1.29 is 17.6 Å². The van der Waals surface area contributed by atoms with Gasteiger partial charge < -0.3 is 5.73 Å². The number of unbranched alkanes of at least 4 members (excludes halogenated alkanes) is 1. The molecule has 2 N–H and O–H groups in total. The summed E-state index contributed by atoms with van der Waals surface area (Å²) in [5, 5.41) is 0. The smallest absolute Gasteiger partial charge is 0.399 e. The molecular formula is C11H13F4N. The fourth-order valence-electron chi connectivity index (χ4n) is 1.49. The lowest BCUT2D eigenvalue weighted by Crippen LogP contribution is -2.10. The van der Waals surface area contributed by atoms with Crippen molar-refractivity contribution in [1.29, 1.82) is 0 Å². The van der Waals surface area contributed by atoms with Crippen LogP contribution in [0.15, 0.2) is 18.2 Å². The second-order valence-electron chi connectivity index (χ2n) is 3.56. The second kappa shape index (κ2) is 5.18. The Hall–Kier alpha value is -1.26. The summed E-state index contributed by atoms with van der Waals surface area (Å²) in [7, 11) is 0. The Bertz CT molecular complexity index is 346. The third-order valence-corrected chi connectivity index (χ3v) is 2.27. The molecule has 0 bridgehead atoms. The van der Waals surface area contributed by atoms with Gasteiger partial charge in [0.25, 0.3) is 0 Å². The van der Waals surface area contributed by atoms with Gasteiger partial charge in [-0.2, -0.15) is 13.2 Å². The molecule has 0 amide bonds. The lowest BCUT2D eigenvalue weighted by atomic mass is 10.0. The molecule has 16 heavy (non-hydrogen) atoms. The Morgan fingerprint density at radius 1 is 1.12 bits per heavy atom. The zero-order valence-corrected chi connectivity index (χ0v) is 8.65. The molecule has 0 aliphatic rings. The van der Waals surface area contributed by atoms with Gasteiger partial charge in [-0.15, -0.1) is 0 Å². The third kappa shape index (κ3) is 3.40. The Morgan fingerprint density at radius 3 is 2.38 bits per heavy atom. The van der Waals surface area contributed by atoms with Gasteiger partial charge in [-0.3, -0.25) is 4.39 Å². The molecule has 5 heteroatoms. The van der Waals surface area contributed by atoms with Crippen molar-refractivity contribution in [3.63, 3.8) is 0 Å². The van der Waals surface area contributed by atoms with Gasteiger partial charge in [0.2, 0.25) is 0 Å². The summed E-state index contributed by atoms with van der Waals surface area (Å²) in [5.74, 6) is 0. The average molecular weight is 235 g/mol. The number of nitrogen functional groups attached to an aromatic ring is 1. The maximum absolute atomic E-state index is 12.6. The van der Waals surface area contributed by atoms with Crippen molar-refractivity contribution in [2.24, 2.45) is 0 Å². The summed E-state index contributed by atoms with van der Waals surface area (Å²) in [4.78, 5) is 0. The summed E-state index contributed by atoms with van der Waals surface area (Å²) in [6, 6.07) is 3.71. The van der Waals surface area contributed by atoms with Gasteiger partial charge in [0, 0.05) is 5.69 Å². The lowest BCUT2D eigenvalue weighted by molar-refractivity contribution is -0.138. The quantitative estimate of drug-likeness (QED) is 0.482. The Labute approximate surface area is 91.3 Å². The molecule has 0 aliphatic heterocycles. The SMILES string of the molecule is Nc1ccc(CCCCF)c(C(F)(F)F)c1. The number of alkyl halides is 4. The van der Waals surface area contributed by atoms with Crippen molar-refractivity contribution in [2.45, 2.75) is 25.4 Å². The van der Waals surface area contributed by atoms with Gasteiger partial charge in [0.15, 0.2) is 0 Å². The minimum atomic E-state index is -4.40. The van der Waals surface area contributed by atoms with E-state index in [-0.39, 0.29) is 24.1 Å². The standard InChI is InChI=1S/C11H13F4N/c12-6-2-1-3-8-4-5-9(16)7-10(8)11(13,14)15/h4-5,7H,1-3,6,16H2. The molecule has 0 aliphatic carbocycles. The highest BCUT2D eigenvalue weighted by Gasteiger charge is 2.33. The summed E-state index contributed by atoms with van der Waals surface area (Å²) < 4.78 is 49.7. The highest BCUT2D eigenvalue weighted by atomic mass is 19.4. The number of nitrogens with two attached hydrogens (primary N) is 1. The van der Waals surface area contributed by atoms with E-state index in [0.717, 1.165) is 6.07 Å². The number of aryl methyl sites for hydroxylation is 1. The summed E-state index contributed by atoms with van der Waals surface area (Å²) in [6.45, 7) is -0.504. The Kier molecular flexibility index (Phi) is 4.15. The van der Waals surface area contributed by atoms with Crippen molar-refractivity contribution in [3.8, 4) is 0 Å². The first kappa shape index (κ1) is 12.8. The molecule has 1 nitrogen and oxygen atoms in total. The number of anilines is 1. The zero-order valence-electron chi connectivity index (χ0n) is 8.65. The summed E-state index contributed by atoms with van der Waals surface area (Å²) >= 11 is 0. The topological polar surface area (TPSA) is 26.0 Å². The van der Waals surface area contributed by atoms with Gasteiger partial charge in [-0.1, -0.05) is 6.07 Å². The largest absolute Gasteiger partial charge is 0.416 e. The number of rotatable bonds is 4. The predicted molar refractivity (Wildman–Crippen MR) is 54.8 cm³/mol. The molecule has 0 spiro atoms. The molecular weight excluding hydrogens is 222 g/mol. The van der Waals surface area contributed by atoms with Gasteiger partial charge in [0.05, 0.1) is 12.2 Å². The maximum atomic E-state index is 12.6. The molecule has 1 aromatic carbocycles. The molecule has 0 atom stereocenters. The highest BCUT2D eigenvalue weighted by molar-refractivity contribution is 5.46. The first-order valence-electron chi connectivity index (χ1n) is 4.96. The molecule has 0 aromatic heterocycles. The zero-order chi connectivity index (χ0) is 12.2. The van der Waals surface area contributed by atoms with Crippen LogP contribution in [-0.2, 0) is 12.6 Å². The number of hydrogen-bond acceptors (Lipinski definition) is 1. The fourth-order valence-corrected chi connectivity index (χ4v) is 1.49. The summed E-state index contributed by atoms with van der Waals surface area (Å²) in [6.07, 6.45) is -3.50. The van der Waals surface area contributed by atoms with Gasteiger partial charge >= 0.3 is 6.18 Å². The van der Waals surface area contributed by atoms with Crippen LogP contribution in [0.4, 0.5) is 23.2 Å². The van der Waals surface area contributed by atoms with Gasteiger partial charge in [-0.05, 0) is 37.0 Å². The first-order chi connectivity index (χ1) is 7.45. The molecule has 0 radical (unpaired) electrons. The molecule has 0 heterocycles. The van der Waals surface area contributed by atoms with E-state index in [2.05, 4.69) is 0 Å². The fraction of sp³-hybridized carbons (Fsp3) is 0.455. The van der Waals surface area contributed by atoms with Crippen molar-refractivity contribution in [3.05, 3.63) is 29.3 Å². The lowest BCUT2D eigenvalue weighted by Gasteiger charge is -2.13. The Balaban J connectivity index is 2.90. The van der Waals surface area contributed by atoms with Gasteiger partial charge in [0.1, 0.15) is 0 Å². The van der Waals surface area contributed by atoms with E-state index in [1.165, 1.54) is 12.1 Å². The number of benzene rings is 1. The minimum Gasteiger partial charge on any atom is -0.399 e. The van der Waals surface area contributed by atoms with E-state index in [1.54, 1.807) is 0 Å². The van der Waals surface area contributed by atoms with Crippen LogP contribution in [0.2, 0.25) is 0 Å². The van der Waals surface area contributed by atoms with E-state index in [4.69, 9.17) is 5.73 Å². The summed E-state index contributed by atoms with van der Waals surface area (Å²) in [5.41, 5.74) is 4.86. The van der Waals surface area contributed by atoms with Crippen LogP contribution in [-0.4, -0.2) is 6.67 Å². The molecule has 0 saturated carbocycles. The van der Waals surface area contributed by atoms with E-state index in [0.29, 0.717) is 6.42 Å². The van der Waals surface area contributed by atoms with E-state index in [1.807, 2.05) is 0 Å². The highest BCUT2D eigenvalue weighted by Crippen LogP contribution is 2.33. The molecule has 90 valence electrons. The average Bonchev–Trinajstić information content (AvgIpc) is 2.19. The number of hydrogen-bond donors (Lipinski definition) is 1. The molecule has 1 rings (SSSR count). The van der Waals surface area contributed by atoms with Crippen LogP contribution in [0, 0.1) is 0 Å². The van der Waals surface area contributed by atoms with Crippen LogP contribution in [0.25, 0.3) is 0 Å². The van der Waals surface area contributed by atoms with Crippen molar-refractivity contribution in [2.75, 3.05) is 12.4 Å².